The number of allylic oxidation sites excluding steroid dienone is 4. The van der Waals surface area contributed by atoms with Gasteiger partial charge in [-0.2, -0.15) is 0 Å². The maximum Gasteiger partial charge on any atom is 0.329 e. The van der Waals surface area contributed by atoms with Crippen LogP contribution < -0.4 is 0 Å². The van der Waals surface area contributed by atoms with Gasteiger partial charge in [0.1, 0.15) is 24.0 Å². The maximum absolute atomic E-state index is 14.5. The lowest BCUT2D eigenvalue weighted by molar-refractivity contribution is -0.302. The molecule has 1 aliphatic carbocycles. The summed E-state index contributed by atoms with van der Waals surface area (Å²) in [6.45, 7) is 12.7. The van der Waals surface area contributed by atoms with Crippen LogP contribution in [0.5, 0.6) is 0 Å². The molecule has 2 saturated heterocycles. The third kappa shape index (κ3) is 13.5. The Morgan fingerprint density at radius 2 is 1.60 bits per heavy atom. The predicted molar refractivity (Wildman–Crippen MR) is 257 cm³/mol. The summed E-state index contributed by atoms with van der Waals surface area (Å²) in [5.41, 5.74) is 3.01. The topological polar surface area (TPSA) is 206 Å². The molecule has 0 spiro atoms. The van der Waals surface area contributed by atoms with Crippen molar-refractivity contribution in [1.29, 1.82) is 0 Å². The molecular weight excluding hydrogens is 871 g/mol. The molecule has 4 aliphatic rings. The zero-order valence-electron chi connectivity index (χ0n) is 41.8. The van der Waals surface area contributed by atoms with Gasteiger partial charge in [0, 0.05) is 68.9 Å². The van der Waals surface area contributed by atoms with E-state index in [0.717, 1.165) is 11.1 Å². The van der Waals surface area contributed by atoms with Gasteiger partial charge in [0.25, 0.3) is 11.7 Å². The van der Waals surface area contributed by atoms with Crippen LogP contribution in [-0.2, 0) is 38.1 Å². The van der Waals surface area contributed by atoms with Crippen molar-refractivity contribution in [2.24, 2.45) is 41.4 Å². The van der Waals surface area contributed by atoms with Crippen molar-refractivity contribution in [3.05, 3.63) is 64.8 Å². The molecule has 1 saturated carbocycles. The SMILES string of the molecule is CO[C@H]1C[C@@H](C)C/C(C)=C/[C@@H](C/C=C/c2ccc(C(=O)C(C)C)cc2)C(=O)C[C@H](O)[C@@H](C)[C@@H](/C(C)=C/[C@@H]2CC[C@@H](O)[C@H](CO)C2)OC(=O)C2CCCCN2C(=O)C(=O)[C@]2(O)O[C@H]1[C@@H](OC)C[C@H]2C. The Hall–Kier alpha value is -3.89. The summed E-state index contributed by atoms with van der Waals surface area (Å²) in [6, 6.07) is 6.14. The number of aliphatic hydroxyl groups is 4. The molecule has 0 aromatic heterocycles. The van der Waals surface area contributed by atoms with Gasteiger partial charge in [-0.05, 0) is 101 Å². The Labute approximate surface area is 403 Å². The van der Waals surface area contributed by atoms with Crippen LogP contribution in [0.3, 0.4) is 0 Å². The van der Waals surface area contributed by atoms with E-state index in [-0.39, 0.29) is 67.7 Å². The van der Waals surface area contributed by atoms with Crippen molar-refractivity contribution in [2.45, 2.75) is 168 Å². The van der Waals surface area contributed by atoms with Gasteiger partial charge in [0.05, 0.1) is 24.4 Å². The molecule has 3 aliphatic heterocycles. The number of amides is 1. The first-order chi connectivity index (χ1) is 32.2. The third-order valence-corrected chi connectivity index (χ3v) is 15.0. The molecule has 1 unspecified atom stereocenters. The Morgan fingerprint density at radius 1 is 0.926 bits per heavy atom. The number of hydrogen-bond acceptors (Lipinski definition) is 13. The molecule has 378 valence electrons. The largest absolute Gasteiger partial charge is 0.456 e. The molecule has 1 amide bonds. The van der Waals surface area contributed by atoms with Gasteiger partial charge in [-0.1, -0.05) is 88.8 Å². The molecule has 68 heavy (non-hydrogen) atoms. The van der Waals surface area contributed by atoms with Gasteiger partial charge in [-0.3, -0.25) is 19.2 Å². The van der Waals surface area contributed by atoms with E-state index in [4.69, 9.17) is 18.9 Å². The first kappa shape index (κ1) is 55.0. The lowest BCUT2D eigenvalue weighted by Gasteiger charge is -2.47. The van der Waals surface area contributed by atoms with Crippen LogP contribution in [-0.4, -0.2) is 130 Å². The normalized spacial score (nSPS) is 36.4. The quantitative estimate of drug-likeness (QED) is 0.0846. The highest BCUT2D eigenvalue weighted by molar-refractivity contribution is 6.39. The number of methoxy groups -OCH3 is 2. The van der Waals surface area contributed by atoms with Crippen LogP contribution in [0.1, 0.15) is 135 Å². The van der Waals surface area contributed by atoms with Gasteiger partial charge in [-0.25, -0.2) is 4.79 Å². The van der Waals surface area contributed by atoms with Crippen LogP contribution >= 0.6 is 0 Å². The number of Topliss-reactive ketones (excluding diaryl/α,β-unsaturated/α-hetero) is 3. The van der Waals surface area contributed by atoms with Gasteiger partial charge in [0.15, 0.2) is 5.78 Å². The molecule has 14 atom stereocenters. The summed E-state index contributed by atoms with van der Waals surface area (Å²) in [5.74, 6) is -8.65. The van der Waals surface area contributed by atoms with Crippen molar-refractivity contribution < 1.29 is 63.3 Å². The molecule has 3 fully saturated rings. The first-order valence-electron chi connectivity index (χ1n) is 24.9. The van der Waals surface area contributed by atoms with E-state index in [1.807, 2.05) is 64.1 Å². The minimum atomic E-state index is -2.55. The number of nitrogens with zero attached hydrogens (tertiary/aromatic N) is 1. The van der Waals surface area contributed by atoms with Crippen molar-refractivity contribution in [2.75, 3.05) is 27.4 Å². The highest BCUT2D eigenvalue weighted by Gasteiger charge is 2.56. The zero-order chi connectivity index (χ0) is 50.0. The van der Waals surface area contributed by atoms with Crippen LogP contribution in [0, 0.1) is 41.4 Å². The summed E-state index contributed by atoms with van der Waals surface area (Å²) in [7, 11) is 3.04. The van der Waals surface area contributed by atoms with Crippen LogP contribution in [0.2, 0.25) is 0 Å². The molecular formula is C54H79NO13. The van der Waals surface area contributed by atoms with Gasteiger partial charge < -0.3 is 44.3 Å². The first-order valence-corrected chi connectivity index (χ1v) is 24.9. The fraction of sp³-hybridized carbons (Fsp3) is 0.685. The van der Waals surface area contributed by atoms with E-state index in [9.17, 15) is 44.4 Å². The van der Waals surface area contributed by atoms with E-state index < -0.39 is 83.9 Å². The number of fused-ring (bicyclic) bond motifs is 3. The van der Waals surface area contributed by atoms with Crippen LogP contribution in [0.4, 0.5) is 0 Å². The second-order valence-electron chi connectivity index (χ2n) is 20.7. The zero-order valence-corrected chi connectivity index (χ0v) is 41.8. The van der Waals surface area contributed by atoms with E-state index in [0.29, 0.717) is 62.5 Å². The summed E-state index contributed by atoms with van der Waals surface area (Å²) < 4.78 is 24.5. The minimum absolute atomic E-state index is 0.0481. The summed E-state index contributed by atoms with van der Waals surface area (Å²) in [5, 5.41) is 44.6. The van der Waals surface area contributed by atoms with Crippen molar-refractivity contribution >= 4 is 35.3 Å². The number of ether oxygens (including phenoxy) is 4. The number of cyclic esters (lactones) is 1. The summed E-state index contributed by atoms with van der Waals surface area (Å²) in [6.07, 6.45) is 6.60. The number of rotatable bonds is 10. The number of carbonyl (C=O) groups excluding carboxylic acids is 5. The van der Waals surface area contributed by atoms with Crippen LogP contribution in [0.15, 0.2) is 53.6 Å². The standard InChI is InChI=1S/C54H79NO13/c1-31(2)48(60)39-19-16-37(17-20-39)13-12-14-40-24-32(3)23-33(4)25-46(65-8)50-47(66-9)27-35(6)54(64,68-50)51(61)52(62)55-22-11-10-15-42(55)53(63)67-49(36(7)44(58)29-45(40)59)34(5)26-38-18-21-43(57)41(28-38)30-56/h12-13,16-17,19-20,24,26,31,33,35-36,38,40-44,46-47,49-50,56-58,64H,10-11,14-15,18,21-23,25,27-30H2,1-9H3/b13-12+,32-24+,34-26+/t33-,35+,36+,38-,40+,41-,42?,43+,44-,46-,47-,49+,50+,54+/m0/s1. The lowest BCUT2D eigenvalue weighted by atomic mass is 9.78. The highest BCUT2D eigenvalue weighted by Crippen LogP contribution is 2.39. The molecule has 2 bridgehead atoms. The second kappa shape index (κ2) is 24.8. The number of ketones is 3. The molecule has 1 aromatic carbocycles. The molecule has 0 radical (unpaired) electrons. The van der Waals surface area contributed by atoms with E-state index >= 15 is 0 Å². The third-order valence-electron chi connectivity index (χ3n) is 15.0. The number of aliphatic hydroxyl groups excluding tert-OH is 3. The van der Waals surface area contributed by atoms with Crippen molar-refractivity contribution in [1.82, 2.24) is 4.90 Å². The van der Waals surface area contributed by atoms with Crippen molar-refractivity contribution in [3.63, 3.8) is 0 Å². The Kier molecular flexibility index (Phi) is 20.1. The Morgan fingerprint density at radius 3 is 2.25 bits per heavy atom. The van der Waals surface area contributed by atoms with Gasteiger partial charge >= 0.3 is 5.97 Å². The van der Waals surface area contributed by atoms with E-state index in [2.05, 4.69) is 0 Å². The average Bonchev–Trinajstić information content (AvgIpc) is 3.32. The highest BCUT2D eigenvalue weighted by atomic mass is 16.7. The molecule has 5 rings (SSSR count). The summed E-state index contributed by atoms with van der Waals surface area (Å²) >= 11 is 0. The van der Waals surface area contributed by atoms with Crippen molar-refractivity contribution in [3.8, 4) is 0 Å². The summed E-state index contributed by atoms with van der Waals surface area (Å²) in [4.78, 5) is 71.5. The molecule has 3 heterocycles. The van der Waals surface area contributed by atoms with Gasteiger partial charge in [0.2, 0.25) is 5.79 Å². The molecule has 14 heteroatoms. The average molecular weight is 950 g/mol. The smallest absolute Gasteiger partial charge is 0.329 e. The minimum Gasteiger partial charge on any atom is -0.456 e. The second-order valence-corrected chi connectivity index (χ2v) is 20.7. The fourth-order valence-corrected chi connectivity index (χ4v) is 10.8. The Bertz CT molecular complexity index is 1990. The van der Waals surface area contributed by atoms with E-state index in [1.54, 1.807) is 32.9 Å². The monoisotopic (exact) mass is 950 g/mol. The molecule has 1 aromatic rings. The molecule has 14 nitrogen and oxygen atoms in total. The van der Waals surface area contributed by atoms with E-state index in [1.165, 1.54) is 19.1 Å². The fourth-order valence-electron chi connectivity index (χ4n) is 10.8. The number of carbonyl (C=O) groups is 5. The number of piperidine rings is 1. The Balaban J connectivity index is 1.55. The van der Waals surface area contributed by atoms with Gasteiger partial charge in [-0.15, -0.1) is 0 Å². The number of esters is 1. The maximum atomic E-state index is 14.5. The molecule has 4 N–H and O–H groups in total. The predicted octanol–water partition coefficient (Wildman–Crippen LogP) is 6.60. The number of hydrogen-bond donors (Lipinski definition) is 4. The van der Waals surface area contributed by atoms with Crippen LogP contribution in [0.25, 0.3) is 6.08 Å². The number of benzene rings is 1. The lowest BCUT2D eigenvalue weighted by Crippen LogP contribution is -2.64.